The molecule has 0 radical (unpaired) electrons. The second-order valence-corrected chi connectivity index (χ2v) is 7.13. The largest absolute Gasteiger partial charge is 0.348 e. The predicted octanol–water partition coefficient (Wildman–Crippen LogP) is 2.37. The van der Waals surface area contributed by atoms with E-state index in [1.54, 1.807) is 18.7 Å². The van der Waals surface area contributed by atoms with Gasteiger partial charge in [0.25, 0.3) is 0 Å². The monoisotopic (exact) mass is 379 g/mol. The van der Waals surface area contributed by atoms with Crippen LogP contribution in [-0.2, 0) is 13.0 Å². The molecule has 1 atom stereocenters. The van der Waals surface area contributed by atoms with Crippen LogP contribution in [0.4, 0.5) is 4.79 Å². The van der Waals surface area contributed by atoms with Gasteiger partial charge in [0.2, 0.25) is 0 Å². The number of hydrogen-bond donors (Lipinski definition) is 2. The highest BCUT2D eigenvalue weighted by atomic mass is 16.2. The standard InChI is InChI=1S/C20H25N7O/c1-14-11-15(2)27(25-14)9-4-8-22-20(28)26-10-6-17-18(24-13-23-17)19(26)16-5-3-7-21-12-16/h3,5,7,11-13,19H,4,6,8-10H2,1-2H3,(H,22,28)(H,23,24)/t19-/m1/s1. The molecule has 0 saturated carbocycles. The van der Waals surface area contributed by atoms with E-state index in [1.807, 2.05) is 35.6 Å². The van der Waals surface area contributed by atoms with Crippen molar-refractivity contribution in [2.24, 2.45) is 0 Å². The number of nitrogens with one attached hydrogen (secondary N) is 2. The van der Waals surface area contributed by atoms with Crippen molar-refractivity contribution in [2.45, 2.75) is 39.3 Å². The number of fused-ring (bicyclic) bond motifs is 1. The molecule has 3 aromatic rings. The molecule has 8 heteroatoms. The molecule has 8 nitrogen and oxygen atoms in total. The molecule has 0 aliphatic carbocycles. The average Bonchev–Trinajstić information content (AvgIpc) is 3.30. The summed E-state index contributed by atoms with van der Waals surface area (Å²) in [5, 5.41) is 7.52. The maximum absolute atomic E-state index is 12.9. The number of aromatic amines is 1. The van der Waals surface area contributed by atoms with Crippen LogP contribution in [0.15, 0.2) is 36.9 Å². The molecular formula is C20H25N7O. The minimum absolute atomic E-state index is 0.0733. The molecule has 0 spiro atoms. The van der Waals surface area contributed by atoms with Crippen molar-refractivity contribution in [1.29, 1.82) is 0 Å². The molecule has 3 aromatic heterocycles. The van der Waals surface area contributed by atoms with Crippen LogP contribution in [0, 0.1) is 13.8 Å². The summed E-state index contributed by atoms with van der Waals surface area (Å²) < 4.78 is 1.98. The number of amides is 2. The normalized spacial score (nSPS) is 16.1. The third-order valence-corrected chi connectivity index (χ3v) is 5.11. The maximum Gasteiger partial charge on any atom is 0.318 e. The van der Waals surface area contributed by atoms with E-state index in [0.717, 1.165) is 47.7 Å². The van der Waals surface area contributed by atoms with Gasteiger partial charge >= 0.3 is 6.03 Å². The van der Waals surface area contributed by atoms with Gasteiger partial charge in [0, 0.05) is 49.8 Å². The minimum atomic E-state index is -0.222. The van der Waals surface area contributed by atoms with Gasteiger partial charge in [-0.3, -0.25) is 9.67 Å². The van der Waals surface area contributed by atoms with Gasteiger partial charge in [-0.25, -0.2) is 9.78 Å². The number of rotatable bonds is 5. The van der Waals surface area contributed by atoms with E-state index in [-0.39, 0.29) is 12.1 Å². The van der Waals surface area contributed by atoms with Crippen molar-refractivity contribution in [3.63, 3.8) is 0 Å². The summed E-state index contributed by atoms with van der Waals surface area (Å²) >= 11 is 0. The first-order valence-corrected chi connectivity index (χ1v) is 9.61. The first kappa shape index (κ1) is 18.2. The number of urea groups is 1. The Morgan fingerprint density at radius 3 is 3.04 bits per heavy atom. The molecule has 0 bridgehead atoms. The van der Waals surface area contributed by atoms with Crippen LogP contribution in [0.25, 0.3) is 0 Å². The zero-order valence-corrected chi connectivity index (χ0v) is 16.2. The van der Waals surface area contributed by atoms with Gasteiger partial charge in [-0.1, -0.05) is 6.07 Å². The number of nitrogens with zero attached hydrogens (tertiary/aromatic N) is 5. The fraction of sp³-hybridized carbons (Fsp3) is 0.400. The molecular weight excluding hydrogens is 354 g/mol. The molecule has 4 rings (SSSR count). The second kappa shape index (κ2) is 7.84. The number of H-pyrrole nitrogens is 1. The van der Waals surface area contributed by atoms with Crippen LogP contribution in [0.3, 0.4) is 0 Å². The van der Waals surface area contributed by atoms with Crippen molar-refractivity contribution in [3.05, 3.63) is 65.3 Å². The molecule has 146 valence electrons. The van der Waals surface area contributed by atoms with E-state index >= 15 is 0 Å². The Morgan fingerprint density at radius 1 is 1.39 bits per heavy atom. The molecule has 2 N–H and O–H groups in total. The Labute approximate surface area is 164 Å². The first-order chi connectivity index (χ1) is 13.6. The lowest BCUT2D eigenvalue weighted by atomic mass is 9.97. The maximum atomic E-state index is 12.9. The SMILES string of the molecule is Cc1cc(C)n(CCCNC(=O)N2CCc3[nH]cnc3[C@H]2c2cccnc2)n1. The first-order valence-electron chi connectivity index (χ1n) is 9.61. The fourth-order valence-corrected chi connectivity index (χ4v) is 3.80. The van der Waals surface area contributed by atoms with E-state index in [0.29, 0.717) is 13.1 Å². The summed E-state index contributed by atoms with van der Waals surface area (Å²) in [5.41, 5.74) is 5.11. The third-order valence-electron chi connectivity index (χ3n) is 5.11. The second-order valence-electron chi connectivity index (χ2n) is 7.13. The van der Waals surface area contributed by atoms with Crippen molar-refractivity contribution >= 4 is 6.03 Å². The van der Waals surface area contributed by atoms with Crippen LogP contribution in [0.2, 0.25) is 0 Å². The average molecular weight is 379 g/mol. The van der Waals surface area contributed by atoms with Crippen molar-refractivity contribution in [3.8, 4) is 0 Å². The summed E-state index contributed by atoms with van der Waals surface area (Å²) in [6, 6.07) is 5.65. The van der Waals surface area contributed by atoms with Crippen LogP contribution < -0.4 is 5.32 Å². The topological polar surface area (TPSA) is 91.7 Å². The van der Waals surface area contributed by atoms with E-state index in [9.17, 15) is 4.79 Å². The summed E-state index contributed by atoms with van der Waals surface area (Å²) in [6.45, 7) is 6.06. The third kappa shape index (κ3) is 3.62. The predicted molar refractivity (Wildman–Crippen MR) is 105 cm³/mol. The summed E-state index contributed by atoms with van der Waals surface area (Å²) in [4.78, 5) is 26.7. The highest BCUT2D eigenvalue weighted by Gasteiger charge is 2.34. The lowest BCUT2D eigenvalue weighted by molar-refractivity contribution is 0.178. The number of aromatic nitrogens is 5. The highest BCUT2D eigenvalue weighted by molar-refractivity contribution is 5.75. The highest BCUT2D eigenvalue weighted by Crippen LogP contribution is 2.32. The summed E-state index contributed by atoms with van der Waals surface area (Å²) in [7, 11) is 0. The van der Waals surface area contributed by atoms with E-state index in [1.165, 1.54) is 0 Å². The number of hydrogen-bond acceptors (Lipinski definition) is 4. The summed E-state index contributed by atoms with van der Waals surface area (Å²) in [5.74, 6) is 0. The van der Waals surface area contributed by atoms with Gasteiger partial charge in [-0.05, 0) is 38.0 Å². The lowest BCUT2D eigenvalue weighted by Crippen LogP contribution is -2.46. The van der Waals surface area contributed by atoms with Gasteiger partial charge in [0.05, 0.1) is 17.7 Å². The van der Waals surface area contributed by atoms with Gasteiger partial charge in [0.15, 0.2) is 0 Å². The van der Waals surface area contributed by atoms with Crippen LogP contribution in [-0.4, -0.2) is 48.8 Å². The van der Waals surface area contributed by atoms with E-state index < -0.39 is 0 Å². The Hall–Kier alpha value is -3.16. The molecule has 0 fully saturated rings. The number of pyridine rings is 1. The van der Waals surface area contributed by atoms with Crippen molar-refractivity contribution in [2.75, 3.05) is 13.1 Å². The van der Waals surface area contributed by atoms with Crippen LogP contribution >= 0.6 is 0 Å². The zero-order valence-electron chi connectivity index (χ0n) is 16.2. The van der Waals surface area contributed by atoms with Crippen LogP contribution in [0.5, 0.6) is 0 Å². The molecule has 1 aliphatic rings. The smallest absolute Gasteiger partial charge is 0.318 e. The van der Waals surface area contributed by atoms with Gasteiger partial charge in [-0.2, -0.15) is 5.10 Å². The molecule has 4 heterocycles. The molecule has 0 unspecified atom stereocenters. The number of aryl methyl sites for hydroxylation is 3. The number of imidazole rings is 1. The molecule has 1 aliphatic heterocycles. The van der Waals surface area contributed by atoms with Gasteiger partial charge in [-0.15, -0.1) is 0 Å². The lowest BCUT2D eigenvalue weighted by Gasteiger charge is -2.35. The number of carbonyl (C=O) groups excluding carboxylic acids is 1. The Balaban J connectivity index is 1.42. The van der Waals surface area contributed by atoms with Gasteiger partial charge < -0.3 is 15.2 Å². The summed E-state index contributed by atoms with van der Waals surface area (Å²) in [6.07, 6.45) is 6.83. The molecule has 28 heavy (non-hydrogen) atoms. The Morgan fingerprint density at radius 2 is 2.29 bits per heavy atom. The Bertz CT molecular complexity index is 947. The van der Waals surface area contributed by atoms with Crippen LogP contribution in [0.1, 0.15) is 40.8 Å². The zero-order chi connectivity index (χ0) is 19.5. The molecule has 0 aromatic carbocycles. The molecule has 0 saturated heterocycles. The van der Waals surface area contributed by atoms with Crippen molar-refractivity contribution < 1.29 is 4.79 Å². The quantitative estimate of drug-likeness (QED) is 0.666. The van der Waals surface area contributed by atoms with E-state index in [4.69, 9.17) is 0 Å². The number of carbonyl (C=O) groups is 1. The van der Waals surface area contributed by atoms with Gasteiger partial charge in [0.1, 0.15) is 6.04 Å². The fourth-order valence-electron chi connectivity index (χ4n) is 3.80. The minimum Gasteiger partial charge on any atom is -0.348 e. The van der Waals surface area contributed by atoms with Crippen molar-refractivity contribution in [1.82, 2.24) is 34.9 Å². The molecule has 2 amide bonds. The Kier molecular flexibility index (Phi) is 5.10. The van der Waals surface area contributed by atoms with E-state index in [2.05, 4.69) is 31.4 Å².